The fourth-order valence-corrected chi connectivity index (χ4v) is 4.23. The fourth-order valence-electron chi connectivity index (χ4n) is 4.23. The summed E-state index contributed by atoms with van der Waals surface area (Å²) in [5.41, 5.74) is 8.54. The predicted octanol–water partition coefficient (Wildman–Crippen LogP) is 6.59. The first-order valence-corrected chi connectivity index (χ1v) is 12.4. The van der Waals surface area contributed by atoms with Crippen LogP contribution in [0.2, 0.25) is 0 Å². The highest BCUT2D eigenvalue weighted by molar-refractivity contribution is 5.95. The van der Waals surface area contributed by atoms with E-state index in [2.05, 4.69) is 108 Å². The van der Waals surface area contributed by atoms with Crippen LogP contribution in [-0.2, 0) is 6.54 Å². The molecule has 36 heavy (non-hydrogen) atoms. The number of hydrogen-bond donors (Lipinski definition) is 1. The third-order valence-corrected chi connectivity index (χ3v) is 6.40. The second-order valence-electron chi connectivity index (χ2n) is 9.72. The molecule has 0 radical (unpaired) electrons. The molecular weight excluding hydrogens is 444 g/mol. The molecule has 0 aliphatic rings. The number of aromatic nitrogens is 4. The van der Waals surface area contributed by atoms with E-state index in [1.165, 1.54) is 5.56 Å². The van der Waals surface area contributed by atoms with E-state index < -0.39 is 0 Å². The van der Waals surface area contributed by atoms with E-state index >= 15 is 0 Å². The molecule has 6 heteroatoms. The molecule has 1 N–H and O–H groups in total. The maximum absolute atomic E-state index is 4.64. The van der Waals surface area contributed by atoms with Gasteiger partial charge in [0.25, 0.3) is 0 Å². The van der Waals surface area contributed by atoms with Crippen molar-refractivity contribution in [3.05, 3.63) is 91.0 Å². The first-order valence-electron chi connectivity index (χ1n) is 12.4. The molecule has 2 aromatic carbocycles. The number of fused-ring (bicyclic) bond motifs is 1. The summed E-state index contributed by atoms with van der Waals surface area (Å²) in [6.45, 7) is 6.23. The van der Waals surface area contributed by atoms with Crippen LogP contribution in [0.4, 0.5) is 11.4 Å². The van der Waals surface area contributed by atoms with Gasteiger partial charge in [0.1, 0.15) is 0 Å². The molecule has 3 aromatic heterocycles. The van der Waals surface area contributed by atoms with Gasteiger partial charge in [-0.2, -0.15) is 5.10 Å². The standard InChI is InChI=1S/C30H32N6/c1-21(2)22-5-7-23(8-6-22)29-18-26(11-13-31-29)34-28-12-14-32-30-17-24(9-10-27(28)30)25-19-33-36(20-25)16-15-35(3)4/h5-14,17-21H,15-16H2,1-4H3,(H,31,32,34). The SMILES string of the molecule is CC(C)c1ccc(-c2cc(Nc3ccnc4cc(-c5cnn(CCN(C)C)c5)ccc34)ccn2)cc1. The first kappa shape index (κ1) is 23.7. The molecule has 0 saturated heterocycles. The highest BCUT2D eigenvalue weighted by Gasteiger charge is 2.09. The summed E-state index contributed by atoms with van der Waals surface area (Å²) in [6.07, 6.45) is 7.72. The molecular formula is C30H32N6. The topological polar surface area (TPSA) is 58.9 Å². The maximum Gasteiger partial charge on any atom is 0.0729 e. The Morgan fingerprint density at radius 3 is 2.42 bits per heavy atom. The maximum atomic E-state index is 4.64. The van der Waals surface area contributed by atoms with Gasteiger partial charge in [-0.15, -0.1) is 0 Å². The van der Waals surface area contributed by atoms with Gasteiger partial charge < -0.3 is 10.2 Å². The minimum absolute atomic E-state index is 0.514. The third-order valence-electron chi connectivity index (χ3n) is 6.40. The first-order chi connectivity index (χ1) is 17.5. The normalized spacial score (nSPS) is 11.5. The average molecular weight is 477 g/mol. The van der Waals surface area contributed by atoms with Crippen LogP contribution >= 0.6 is 0 Å². The molecule has 5 rings (SSSR count). The van der Waals surface area contributed by atoms with Crippen LogP contribution in [0.3, 0.4) is 0 Å². The van der Waals surface area contributed by atoms with Crippen molar-refractivity contribution in [2.75, 3.05) is 26.0 Å². The molecule has 0 saturated carbocycles. The molecule has 6 nitrogen and oxygen atoms in total. The lowest BCUT2D eigenvalue weighted by atomic mass is 10.0. The Labute approximate surface area is 212 Å². The van der Waals surface area contributed by atoms with E-state index in [0.717, 1.165) is 57.8 Å². The quantitative estimate of drug-likeness (QED) is 0.274. The van der Waals surface area contributed by atoms with Gasteiger partial charge in [0.15, 0.2) is 0 Å². The summed E-state index contributed by atoms with van der Waals surface area (Å²) >= 11 is 0. The minimum Gasteiger partial charge on any atom is -0.355 e. The van der Waals surface area contributed by atoms with Gasteiger partial charge in [0, 0.05) is 53.0 Å². The van der Waals surface area contributed by atoms with Crippen LogP contribution in [0.1, 0.15) is 25.3 Å². The number of pyridine rings is 2. The molecule has 0 unspecified atom stereocenters. The summed E-state index contributed by atoms with van der Waals surface area (Å²) in [4.78, 5) is 11.4. The van der Waals surface area contributed by atoms with Crippen LogP contribution in [0, 0.1) is 0 Å². The number of nitrogens with one attached hydrogen (secondary N) is 1. The fraction of sp³-hybridized carbons (Fsp3) is 0.233. The van der Waals surface area contributed by atoms with E-state index in [1.807, 2.05) is 35.4 Å². The highest BCUT2D eigenvalue weighted by atomic mass is 15.3. The number of hydrogen-bond acceptors (Lipinski definition) is 5. The Morgan fingerprint density at radius 2 is 1.64 bits per heavy atom. The zero-order chi connectivity index (χ0) is 25.1. The lowest BCUT2D eigenvalue weighted by Gasteiger charge is -2.12. The smallest absolute Gasteiger partial charge is 0.0729 e. The molecule has 0 aliphatic carbocycles. The van der Waals surface area contributed by atoms with Crippen molar-refractivity contribution in [1.82, 2.24) is 24.6 Å². The zero-order valence-electron chi connectivity index (χ0n) is 21.3. The second-order valence-corrected chi connectivity index (χ2v) is 9.72. The van der Waals surface area contributed by atoms with Crippen LogP contribution in [-0.4, -0.2) is 45.3 Å². The number of nitrogens with zero attached hydrogens (tertiary/aromatic N) is 5. The Balaban J connectivity index is 1.38. The zero-order valence-corrected chi connectivity index (χ0v) is 21.3. The summed E-state index contributed by atoms with van der Waals surface area (Å²) in [5, 5.41) is 9.16. The van der Waals surface area contributed by atoms with Gasteiger partial charge in [-0.1, -0.05) is 50.2 Å². The molecule has 0 spiro atoms. The van der Waals surface area contributed by atoms with Crippen molar-refractivity contribution in [2.24, 2.45) is 0 Å². The lowest BCUT2D eigenvalue weighted by Crippen LogP contribution is -2.18. The van der Waals surface area contributed by atoms with E-state index in [1.54, 1.807) is 0 Å². The molecule has 182 valence electrons. The largest absolute Gasteiger partial charge is 0.355 e. The van der Waals surface area contributed by atoms with E-state index in [0.29, 0.717) is 5.92 Å². The molecule has 3 heterocycles. The van der Waals surface area contributed by atoms with E-state index in [4.69, 9.17) is 0 Å². The average Bonchev–Trinajstić information content (AvgIpc) is 3.37. The van der Waals surface area contributed by atoms with Gasteiger partial charge >= 0.3 is 0 Å². The molecule has 0 amide bonds. The van der Waals surface area contributed by atoms with Gasteiger partial charge in [-0.05, 0) is 55.4 Å². The van der Waals surface area contributed by atoms with Crippen LogP contribution < -0.4 is 5.32 Å². The summed E-state index contributed by atoms with van der Waals surface area (Å²) < 4.78 is 1.99. The van der Waals surface area contributed by atoms with Crippen molar-refractivity contribution in [2.45, 2.75) is 26.3 Å². The van der Waals surface area contributed by atoms with E-state index in [-0.39, 0.29) is 0 Å². The number of anilines is 2. The Morgan fingerprint density at radius 1 is 0.861 bits per heavy atom. The Bertz CT molecular complexity index is 1470. The van der Waals surface area contributed by atoms with E-state index in [9.17, 15) is 0 Å². The Kier molecular flexibility index (Phi) is 6.78. The van der Waals surface area contributed by atoms with Crippen LogP contribution in [0.5, 0.6) is 0 Å². The Hall–Kier alpha value is -4.03. The monoisotopic (exact) mass is 476 g/mol. The molecule has 0 fully saturated rings. The number of benzene rings is 2. The number of rotatable bonds is 8. The van der Waals surface area contributed by atoms with Crippen molar-refractivity contribution >= 4 is 22.3 Å². The lowest BCUT2D eigenvalue weighted by molar-refractivity contribution is 0.373. The molecule has 0 atom stereocenters. The van der Waals surface area contributed by atoms with Gasteiger partial charge in [0.05, 0.1) is 24.0 Å². The van der Waals surface area contributed by atoms with Crippen molar-refractivity contribution in [3.8, 4) is 22.4 Å². The minimum atomic E-state index is 0.514. The molecule has 0 aliphatic heterocycles. The second kappa shape index (κ2) is 10.3. The summed E-state index contributed by atoms with van der Waals surface area (Å²) in [5.74, 6) is 0.514. The van der Waals surface area contributed by atoms with Crippen LogP contribution in [0.15, 0.2) is 85.5 Å². The third kappa shape index (κ3) is 5.29. The number of likely N-dealkylation sites (N-methyl/N-ethyl adjacent to an activating group) is 1. The van der Waals surface area contributed by atoms with Gasteiger partial charge in [-0.25, -0.2) is 0 Å². The van der Waals surface area contributed by atoms with Gasteiger partial charge in [-0.3, -0.25) is 14.6 Å². The highest BCUT2D eigenvalue weighted by Crippen LogP contribution is 2.30. The van der Waals surface area contributed by atoms with Crippen molar-refractivity contribution in [3.63, 3.8) is 0 Å². The van der Waals surface area contributed by atoms with Crippen molar-refractivity contribution in [1.29, 1.82) is 0 Å². The van der Waals surface area contributed by atoms with Crippen molar-refractivity contribution < 1.29 is 0 Å². The van der Waals surface area contributed by atoms with Crippen LogP contribution in [0.25, 0.3) is 33.3 Å². The van der Waals surface area contributed by atoms with Gasteiger partial charge in [0.2, 0.25) is 0 Å². The molecule has 0 bridgehead atoms. The summed E-state index contributed by atoms with van der Waals surface area (Å²) in [7, 11) is 4.14. The summed E-state index contributed by atoms with van der Waals surface area (Å²) in [6, 6.07) is 21.1. The molecule has 5 aromatic rings. The predicted molar refractivity (Wildman–Crippen MR) is 149 cm³/mol.